The third-order valence-corrected chi connectivity index (χ3v) is 6.94. The Morgan fingerprint density at radius 2 is 1.03 bits per heavy atom. The van der Waals surface area contributed by atoms with Gasteiger partial charge in [0.25, 0.3) is 0 Å². The van der Waals surface area contributed by atoms with Crippen LogP contribution in [0.2, 0.25) is 0 Å². The number of rotatable bonds is 20. The maximum atomic E-state index is 11.3. The van der Waals surface area contributed by atoms with Crippen LogP contribution in [0.4, 0.5) is 0 Å². The van der Waals surface area contributed by atoms with Crippen molar-refractivity contribution in [3.05, 3.63) is 0 Å². The van der Waals surface area contributed by atoms with E-state index in [-0.39, 0.29) is 6.54 Å². The molecule has 0 unspecified atom stereocenters. The molecule has 0 aromatic carbocycles. The number of hydrogen-bond acceptors (Lipinski definition) is 5. The maximum absolute atomic E-state index is 11.3. The van der Waals surface area contributed by atoms with Crippen molar-refractivity contribution < 1.29 is 29.0 Å². The van der Waals surface area contributed by atoms with Crippen LogP contribution in [-0.4, -0.2) is 42.6 Å². The quantitative estimate of drug-likeness (QED) is 0.0926. The smallest absolute Gasteiger partial charge is 0.320 e. The molecule has 0 aromatic rings. The van der Waals surface area contributed by atoms with Gasteiger partial charge in [-0.2, -0.15) is 14.7 Å². The van der Waals surface area contributed by atoms with E-state index in [1.165, 1.54) is 77.0 Å². The minimum atomic E-state index is -4.67. The van der Waals surface area contributed by atoms with Crippen molar-refractivity contribution in [2.24, 2.45) is 4.99 Å². The van der Waals surface area contributed by atoms with Gasteiger partial charge < -0.3 is 9.79 Å². The topological polar surface area (TPSA) is 131 Å². The Kier molecular flexibility index (Phi) is 17.9. The van der Waals surface area contributed by atoms with Gasteiger partial charge in [0.2, 0.25) is 0 Å². The highest BCUT2D eigenvalue weighted by Gasteiger charge is 2.39. The molecule has 0 aliphatic rings. The van der Waals surface area contributed by atoms with E-state index < -0.39 is 27.2 Å². The molecule has 0 aliphatic carbocycles. The fourth-order valence-corrected chi connectivity index (χ4v) is 5.36. The zero-order chi connectivity index (χ0) is 22.0. The van der Waals surface area contributed by atoms with Crippen molar-refractivity contribution in [1.29, 1.82) is 0 Å². The average Bonchev–Trinajstić information content (AvgIpc) is 2.61. The maximum Gasteiger partial charge on any atom is 0.410 e. The summed E-state index contributed by atoms with van der Waals surface area (Å²) in [5.41, 5.74) is -0.626. The summed E-state index contributed by atoms with van der Waals surface area (Å²) in [5.74, 6) is 0. The summed E-state index contributed by atoms with van der Waals surface area (Å²) in [5, 5.41) is 0. The molecule has 0 heterocycles. The first-order valence-electron chi connectivity index (χ1n) is 11.3. The monoisotopic (exact) mass is 456 g/mol. The lowest BCUT2D eigenvalue weighted by molar-refractivity contribution is 0.335. The Morgan fingerprint density at radius 1 is 0.690 bits per heavy atom. The van der Waals surface area contributed by atoms with E-state index in [1.807, 2.05) is 0 Å². The lowest BCUT2D eigenvalue weighted by Crippen LogP contribution is -2.10. The summed E-state index contributed by atoms with van der Waals surface area (Å²) >= 11 is 0. The van der Waals surface area contributed by atoms with Gasteiger partial charge in [-0.05, 0) is 6.42 Å². The minimum Gasteiger partial charge on any atom is -0.320 e. The second-order valence-electron chi connectivity index (χ2n) is 8.00. The van der Waals surface area contributed by atoms with E-state index in [9.17, 15) is 4.57 Å². The molecule has 174 valence electrons. The molecule has 0 saturated carbocycles. The van der Waals surface area contributed by atoms with Gasteiger partial charge in [-0.3, -0.25) is 9.56 Å². The van der Waals surface area contributed by atoms with Gasteiger partial charge in [0.05, 0.1) is 0 Å². The van der Waals surface area contributed by atoms with E-state index in [4.69, 9.17) is 24.5 Å². The fraction of sp³-hybridized carbons (Fsp3) is 0.950. The minimum absolute atomic E-state index is 0.221. The summed E-state index contributed by atoms with van der Waals surface area (Å²) in [4.78, 5) is 49.0. The van der Waals surface area contributed by atoms with Crippen LogP contribution in [0.15, 0.2) is 4.99 Å². The van der Waals surface area contributed by atoms with Crippen molar-refractivity contribution >= 4 is 21.0 Å². The molecule has 0 fully saturated rings. The van der Waals surface area contributed by atoms with Crippen LogP contribution in [0.25, 0.3) is 0 Å². The van der Waals surface area contributed by atoms with Crippen molar-refractivity contribution in [3.8, 4) is 0 Å². The number of nitrogens with zero attached hydrogens (tertiary/aromatic N) is 1. The number of hydrogen-bond donors (Lipinski definition) is 5. The molecule has 0 saturated heterocycles. The molecule has 29 heavy (non-hydrogen) atoms. The third kappa shape index (κ3) is 21.2. The lowest BCUT2D eigenvalue weighted by Gasteiger charge is -2.09. The van der Waals surface area contributed by atoms with E-state index in [2.05, 4.69) is 11.9 Å². The molecule has 9 heteroatoms. The van der Waals surface area contributed by atoms with Gasteiger partial charge in [0, 0.05) is 6.54 Å². The molecular weight excluding hydrogens is 412 g/mol. The molecule has 7 nitrogen and oxygen atoms in total. The van der Waals surface area contributed by atoms with Gasteiger partial charge in [-0.1, -0.05) is 103 Å². The zero-order valence-corrected chi connectivity index (χ0v) is 20.0. The predicted molar refractivity (Wildman–Crippen MR) is 122 cm³/mol. The zero-order valence-electron chi connectivity index (χ0n) is 18.2. The summed E-state index contributed by atoms with van der Waals surface area (Å²) in [6.45, 7) is 2.47. The normalized spacial score (nSPS) is 13.2. The molecule has 5 N–H and O–H groups in total. The van der Waals surface area contributed by atoms with E-state index in [0.29, 0.717) is 6.42 Å². The number of unbranched alkanes of at least 4 members (excludes halogenated alkanes) is 15. The van der Waals surface area contributed by atoms with Gasteiger partial charge in [-0.15, -0.1) is 0 Å². The largest absolute Gasteiger partial charge is 0.410 e. The molecule has 0 amide bonds. The Labute approximate surface area is 177 Å². The first-order valence-corrected chi connectivity index (χ1v) is 14.8. The predicted octanol–water partition coefficient (Wildman–Crippen LogP) is 5.56. The molecule has 0 bridgehead atoms. The highest BCUT2D eigenvalue weighted by molar-refractivity contribution is 7.74. The Hall–Kier alpha value is 0.130. The summed E-state index contributed by atoms with van der Waals surface area (Å²) in [6, 6.07) is 0. The standard InChI is InChI=1S/C20H43NO6P2/c1-2-3-4-5-6-7-8-9-10-11-12-13-14-15-16-17-18-21-20(29(25,26)27)19-28(22,23)24/h22-24H,2-19H2,1H3,(H-,25,26,27)/p+1. The van der Waals surface area contributed by atoms with Crippen molar-refractivity contribution in [1.82, 2.24) is 0 Å². The van der Waals surface area contributed by atoms with Crippen LogP contribution in [0, 0.1) is 0 Å². The molecular formula is C20H44NO6P2+. The van der Waals surface area contributed by atoms with Crippen molar-refractivity contribution in [2.75, 3.05) is 12.7 Å². The molecule has 0 aromatic heterocycles. The van der Waals surface area contributed by atoms with Crippen molar-refractivity contribution in [2.45, 2.75) is 110 Å². The molecule has 0 radical (unpaired) electrons. The molecule has 0 rings (SSSR count). The van der Waals surface area contributed by atoms with Gasteiger partial charge in [0.15, 0.2) is 11.6 Å². The van der Waals surface area contributed by atoms with Crippen molar-refractivity contribution in [3.63, 3.8) is 0 Å². The molecule has 0 aliphatic heterocycles. The lowest BCUT2D eigenvalue weighted by atomic mass is 10.0. The van der Waals surface area contributed by atoms with Gasteiger partial charge in [-0.25, -0.2) is 0 Å². The van der Waals surface area contributed by atoms with Crippen LogP contribution in [0.5, 0.6) is 0 Å². The SMILES string of the molecule is CCCCCCCCCCCCCCCCCCN=C(C[P+](O)(O)O)P(=O)(O)O. The summed E-state index contributed by atoms with van der Waals surface area (Å²) < 4.78 is 11.3. The van der Waals surface area contributed by atoms with Gasteiger partial charge in [0.1, 0.15) is 0 Å². The molecule has 0 spiro atoms. The Bertz CT molecular complexity index is 462. The van der Waals surface area contributed by atoms with E-state index >= 15 is 0 Å². The van der Waals surface area contributed by atoms with E-state index in [0.717, 1.165) is 19.3 Å². The Morgan fingerprint density at radius 3 is 1.34 bits per heavy atom. The van der Waals surface area contributed by atoms with E-state index in [1.54, 1.807) is 0 Å². The highest BCUT2D eigenvalue weighted by atomic mass is 31.2. The summed E-state index contributed by atoms with van der Waals surface area (Å²) in [7, 11) is -8.95. The number of aliphatic imine (C=N–C) groups is 1. The van der Waals surface area contributed by atoms with Crippen LogP contribution in [-0.2, 0) is 4.57 Å². The van der Waals surface area contributed by atoms with Crippen LogP contribution in [0.3, 0.4) is 0 Å². The van der Waals surface area contributed by atoms with Gasteiger partial charge >= 0.3 is 15.5 Å². The van der Waals surface area contributed by atoms with Crippen LogP contribution in [0.1, 0.15) is 110 Å². The first-order chi connectivity index (χ1) is 13.7. The fourth-order valence-electron chi connectivity index (χ4n) is 3.29. The Balaban J connectivity index is 3.53. The average molecular weight is 457 g/mol. The summed E-state index contributed by atoms with van der Waals surface area (Å²) in [6.07, 6.45) is 19.1. The van der Waals surface area contributed by atoms with Crippen LogP contribution < -0.4 is 0 Å². The van der Waals surface area contributed by atoms with Crippen LogP contribution >= 0.6 is 15.5 Å². The third-order valence-electron chi connectivity index (χ3n) is 5.00. The first kappa shape index (κ1) is 29.1. The highest BCUT2D eigenvalue weighted by Crippen LogP contribution is 2.50. The molecule has 0 atom stereocenters. The second-order valence-corrected chi connectivity index (χ2v) is 11.3. The second kappa shape index (κ2) is 17.8.